The number of carboxylic acids is 1. The first-order valence-corrected chi connectivity index (χ1v) is 7.67. The molecular formula is C16H18ClNO3. The number of nitrogens with zero attached hydrogens (tertiary/aromatic N) is 1. The van der Waals surface area contributed by atoms with Crippen LogP contribution in [0, 0.1) is 12.8 Å². The zero-order chi connectivity index (χ0) is 15.1. The summed E-state index contributed by atoms with van der Waals surface area (Å²) in [6, 6.07) is 5.31. The van der Waals surface area contributed by atoms with E-state index in [9.17, 15) is 14.7 Å². The molecule has 1 aliphatic carbocycles. The summed E-state index contributed by atoms with van der Waals surface area (Å²) in [6.07, 6.45) is 2.68. The number of aliphatic carboxylic acids is 1. The van der Waals surface area contributed by atoms with Crippen molar-refractivity contribution in [1.82, 2.24) is 4.90 Å². The normalized spacial score (nSPS) is 26.0. The molecule has 112 valence electrons. The average molecular weight is 308 g/mol. The lowest BCUT2D eigenvalue weighted by molar-refractivity contribution is -0.152. The van der Waals surface area contributed by atoms with Gasteiger partial charge in [-0.1, -0.05) is 17.7 Å². The number of piperidine rings is 1. The Bertz CT molecular complexity index is 597. The summed E-state index contributed by atoms with van der Waals surface area (Å²) < 4.78 is 0. The molecule has 2 unspecified atom stereocenters. The maximum atomic E-state index is 12.3. The van der Waals surface area contributed by atoms with Crippen molar-refractivity contribution in [3.8, 4) is 0 Å². The maximum Gasteiger partial charge on any atom is 0.308 e. The molecule has 0 spiro atoms. The van der Waals surface area contributed by atoms with Gasteiger partial charge in [0.1, 0.15) is 0 Å². The molecule has 1 aromatic carbocycles. The van der Waals surface area contributed by atoms with E-state index in [1.165, 1.54) is 0 Å². The van der Waals surface area contributed by atoms with Gasteiger partial charge in [0, 0.05) is 17.5 Å². The van der Waals surface area contributed by atoms with Crippen LogP contribution < -0.4 is 0 Å². The molecule has 5 heteroatoms. The molecule has 21 heavy (non-hydrogen) atoms. The molecular weight excluding hydrogens is 290 g/mol. The zero-order valence-corrected chi connectivity index (χ0v) is 12.6. The van der Waals surface area contributed by atoms with Crippen LogP contribution in [-0.4, -0.2) is 27.9 Å². The van der Waals surface area contributed by atoms with E-state index in [4.69, 9.17) is 11.6 Å². The van der Waals surface area contributed by atoms with E-state index in [0.29, 0.717) is 17.9 Å². The number of benzene rings is 1. The van der Waals surface area contributed by atoms with Crippen molar-refractivity contribution in [1.29, 1.82) is 0 Å². The van der Waals surface area contributed by atoms with Crippen LogP contribution in [0.5, 0.6) is 0 Å². The molecule has 1 aromatic rings. The van der Waals surface area contributed by atoms with Crippen molar-refractivity contribution in [3.63, 3.8) is 0 Å². The molecule has 1 amide bonds. The van der Waals surface area contributed by atoms with E-state index in [1.54, 1.807) is 6.07 Å². The van der Waals surface area contributed by atoms with Gasteiger partial charge < -0.3 is 10.0 Å². The van der Waals surface area contributed by atoms with Gasteiger partial charge in [-0.3, -0.25) is 9.59 Å². The van der Waals surface area contributed by atoms with Gasteiger partial charge >= 0.3 is 5.97 Å². The number of carbonyl (C=O) groups is 2. The lowest BCUT2D eigenvalue weighted by Gasteiger charge is -2.40. The zero-order valence-electron chi connectivity index (χ0n) is 11.9. The molecule has 4 nitrogen and oxygen atoms in total. The van der Waals surface area contributed by atoms with Crippen LogP contribution in [-0.2, 0) is 9.59 Å². The van der Waals surface area contributed by atoms with E-state index in [2.05, 4.69) is 0 Å². The molecule has 1 aliphatic heterocycles. The van der Waals surface area contributed by atoms with Crippen molar-refractivity contribution < 1.29 is 14.7 Å². The Morgan fingerprint density at radius 3 is 2.62 bits per heavy atom. The highest BCUT2D eigenvalue weighted by atomic mass is 35.5. The molecule has 1 saturated heterocycles. The fraction of sp³-hybridized carbons (Fsp3) is 0.500. The number of hydrogen-bond donors (Lipinski definition) is 1. The van der Waals surface area contributed by atoms with Crippen LogP contribution in [0.25, 0.3) is 0 Å². The lowest BCUT2D eigenvalue weighted by Crippen LogP contribution is -2.46. The minimum Gasteiger partial charge on any atom is -0.481 e. The Morgan fingerprint density at radius 1 is 1.33 bits per heavy atom. The number of aryl methyl sites for hydroxylation is 1. The van der Waals surface area contributed by atoms with Gasteiger partial charge in [-0.25, -0.2) is 0 Å². The number of likely N-dealkylation sites (tertiary alicyclic amines) is 1. The third kappa shape index (κ3) is 2.64. The number of hydrogen-bond acceptors (Lipinski definition) is 2. The summed E-state index contributed by atoms with van der Waals surface area (Å²) in [6.45, 7) is 1.92. The second-order valence-corrected chi connectivity index (χ2v) is 6.40. The first-order valence-electron chi connectivity index (χ1n) is 7.29. The Kier molecular flexibility index (Phi) is 3.66. The Morgan fingerprint density at radius 2 is 2.05 bits per heavy atom. The quantitative estimate of drug-likeness (QED) is 0.933. The molecule has 3 rings (SSSR count). The molecule has 1 N–H and O–H groups in total. The second kappa shape index (κ2) is 5.34. The summed E-state index contributed by atoms with van der Waals surface area (Å²) in [7, 11) is 0. The third-order valence-corrected chi connectivity index (χ3v) is 4.68. The number of halogens is 1. The summed E-state index contributed by atoms with van der Waals surface area (Å²) in [5.74, 6) is -1.29. The topological polar surface area (TPSA) is 57.6 Å². The van der Waals surface area contributed by atoms with E-state index in [1.807, 2.05) is 24.0 Å². The maximum absolute atomic E-state index is 12.3. The fourth-order valence-electron chi connectivity index (χ4n) is 3.29. The van der Waals surface area contributed by atoms with Crippen molar-refractivity contribution in [2.24, 2.45) is 5.92 Å². The molecule has 2 fully saturated rings. The standard InChI is InChI=1S/C16H18ClNO3/c1-9-8-10(17)2-5-12(9)15-13(16(20)21)6-7-14(19)18(15)11-3-4-11/h2,5,8,11,13,15H,3-4,6-7H2,1H3,(H,20,21). The molecule has 1 saturated carbocycles. The number of carboxylic acid groups (broad SMARTS) is 1. The minimum atomic E-state index is -0.826. The number of rotatable bonds is 3. The van der Waals surface area contributed by atoms with E-state index < -0.39 is 11.9 Å². The van der Waals surface area contributed by atoms with E-state index >= 15 is 0 Å². The predicted molar refractivity (Wildman–Crippen MR) is 79.2 cm³/mol. The van der Waals surface area contributed by atoms with Crippen LogP contribution in [0.4, 0.5) is 0 Å². The van der Waals surface area contributed by atoms with Gasteiger partial charge in [0.15, 0.2) is 0 Å². The molecule has 0 aromatic heterocycles. The van der Waals surface area contributed by atoms with Crippen molar-refractivity contribution in [3.05, 3.63) is 34.3 Å². The van der Waals surface area contributed by atoms with Gasteiger partial charge in [0.25, 0.3) is 0 Å². The number of amides is 1. The van der Waals surface area contributed by atoms with E-state index in [0.717, 1.165) is 24.0 Å². The van der Waals surface area contributed by atoms with Crippen LogP contribution >= 0.6 is 11.6 Å². The van der Waals surface area contributed by atoms with Gasteiger partial charge in [-0.05, 0) is 49.4 Å². The van der Waals surface area contributed by atoms with Crippen LogP contribution in [0.1, 0.15) is 42.9 Å². The van der Waals surface area contributed by atoms with Crippen molar-refractivity contribution >= 4 is 23.5 Å². The Labute approximate surface area is 128 Å². The monoisotopic (exact) mass is 307 g/mol. The van der Waals surface area contributed by atoms with Crippen molar-refractivity contribution in [2.45, 2.75) is 44.7 Å². The summed E-state index contributed by atoms with van der Waals surface area (Å²) in [4.78, 5) is 25.8. The van der Waals surface area contributed by atoms with Crippen LogP contribution in [0.2, 0.25) is 5.02 Å². The third-order valence-electron chi connectivity index (χ3n) is 4.45. The second-order valence-electron chi connectivity index (χ2n) is 5.96. The lowest BCUT2D eigenvalue weighted by atomic mass is 9.82. The van der Waals surface area contributed by atoms with Crippen molar-refractivity contribution in [2.75, 3.05) is 0 Å². The summed E-state index contributed by atoms with van der Waals surface area (Å²) in [5.41, 5.74) is 1.85. The molecule has 2 atom stereocenters. The molecule has 0 radical (unpaired) electrons. The van der Waals surface area contributed by atoms with E-state index in [-0.39, 0.29) is 18.0 Å². The molecule has 2 aliphatic rings. The highest BCUT2D eigenvalue weighted by molar-refractivity contribution is 6.30. The molecule has 0 bridgehead atoms. The first-order chi connectivity index (χ1) is 9.99. The Balaban J connectivity index is 2.06. The Hall–Kier alpha value is -1.55. The molecule has 1 heterocycles. The highest BCUT2D eigenvalue weighted by Gasteiger charge is 2.46. The summed E-state index contributed by atoms with van der Waals surface area (Å²) >= 11 is 6.00. The number of carbonyl (C=O) groups excluding carboxylic acids is 1. The first kappa shape index (κ1) is 14.4. The average Bonchev–Trinajstić information content (AvgIpc) is 3.22. The predicted octanol–water partition coefficient (Wildman–Crippen LogP) is 3.18. The smallest absolute Gasteiger partial charge is 0.308 e. The van der Waals surface area contributed by atoms with Crippen LogP contribution in [0.3, 0.4) is 0 Å². The largest absolute Gasteiger partial charge is 0.481 e. The van der Waals surface area contributed by atoms with Gasteiger partial charge in [0.2, 0.25) is 5.91 Å². The van der Waals surface area contributed by atoms with Gasteiger partial charge in [-0.2, -0.15) is 0 Å². The van der Waals surface area contributed by atoms with Gasteiger partial charge in [0.05, 0.1) is 12.0 Å². The van der Waals surface area contributed by atoms with Gasteiger partial charge in [-0.15, -0.1) is 0 Å². The minimum absolute atomic E-state index is 0.0781. The fourth-order valence-corrected chi connectivity index (χ4v) is 3.52. The summed E-state index contributed by atoms with van der Waals surface area (Å²) in [5, 5.41) is 10.2. The van der Waals surface area contributed by atoms with Crippen LogP contribution in [0.15, 0.2) is 18.2 Å². The highest BCUT2D eigenvalue weighted by Crippen LogP contribution is 2.44. The SMILES string of the molecule is Cc1cc(Cl)ccc1C1C(C(=O)O)CCC(=O)N1C1CC1.